The molecule has 76 valence electrons. The van der Waals surface area contributed by atoms with Crippen molar-refractivity contribution in [1.82, 2.24) is 0 Å². The van der Waals surface area contributed by atoms with Gasteiger partial charge in [0.25, 0.3) is 0 Å². The molecule has 0 aliphatic heterocycles. The van der Waals surface area contributed by atoms with Crippen LogP contribution >= 0.6 is 0 Å². The van der Waals surface area contributed by atoms with E-state index in [0.717, 1.165) is 6.42 Å². The van der Waals surface area contributed by atoms with Crippen LogP contribution in [-0.4, -0.2) is 0 Å². The average molecular weight is 180 g/mol. The van der Waals surface area contributed by atoms with Gasteiger partial charge in [0.15, 0.2) is 0 Å². The van der Waals surface area contributed by atoms with Crippen LogP contribution in [-0.2, 0) is 0 Å². The quantitative estimate of drug-likeness (QED) is 0.433. The van der Waals surface area contributed by atoms with Gasteiger partial charge in [-0.25, -0.2) is 0 Å². The lowest BCUT2D eigenvalue weighted by atomic mass is 10.1. The van der Waals surface area contributed by atoms with Gasteiger partial charge in [-0.1, -0.05) is 57.6 Å². The van der Waals surface area contributed by atoms with Crippen molar-refractivity contribution in [3.8, 4) is 0 Å². The van der Waals surface area contributed by atoms with E-state index in [1.165, 1.54) is 5.57 Å². The Morgan fingerprint density at radius 1 is 1.38 bits per heavy atom. The van der Waals surface area contributed by atoms with E-state index in [9.17, 15) is 0 Å². The van der Waals surface area contributed by atoms with E-state index >= 15 is 0 Å². The Bertz CT molecular complexity index is 161. The van der Waals surface area contributed by atoms with Crippen LogP contribution in [0.3, 0.4) is 0 Å². The molecule has 0 spiro atoms. The zero-order valence-corrected chi connectivity index (χ0v) is 9.80. The van der Waals surface area contributed by atoms with Crippen LogP contribution in [0, 0.1) is 5.92 Å². The minimum absolute atomic E-state index is 0.482. The fourth-order valence-electron chi connectivity index (χ4n) is 0.772. The van der Waals surface area contributed by atoms with Crippen LogP contribution in [0.1, 0.15) is 41.0 Å². The molecule has 0 fully saturated rings. The number of hydrogen-bond acceptors (Lipinski definition) is 0. The van der Waals surface area contributed by atoms with Gasteiger partial charge >= 0.3 is 0 Å². The number of rotatable bonds is 4. The predicted octanol–water partition coefficient (Wildman–Crippen LogP) is 4.75. The van der Waals surface area contributed by atoms with Crippen molar-refractivity contribution >= 4 is 0 Å². The molecule has 0 aromatic carbocycles. The highest BCUT2D eigenvalue weighted by Crippen LogP contribution is 2.02. The first-order chi connectivity index (χ1) is 6.20. The van der Waals surface area contributed by atoms with Gasteiger partial charge in [0.2, 0.25) is 0 Å². The summed E-state index contributed by atoms with van der Waals surface area (Å²) in [6.45, 7) is 14.1. The minimum atomic E-state index is 0.482. The summed E-state index contributed by atoms with van der Waals surface area (Å²) in [5, 5.41) is 0. The van der Waals surface area contributed by atoms with Crippen LogP contribution in [0.15, 0.2) is 36.5 Å². The molecule has 0 unspecified atom stereocenters. The Morgan fingerprint density at radius 2 is 1.92 bits per heavy atom. The predicted molar refractivity (Wildman–Crippen MR) is 63.9 cm³/mol. The van der Waals surface area contributed by atoms with Gasteiger partial charge in [0.1, 0.15) is 0 Å². The molecule has 1 atom stereocenters. The van der Waals surface area contributed by atoms with Crippen molar-refractivity contribution in [3.63, 3.8) is 0 Å². The Balaban J connectivity index is 0. The molecule has 0 aromatic heterocycles. The van der Waals surface area contributed by atoms with Crippen LogP contribution < -0.4 is 0 Å². The van der Waals surface area contributed by atoms with Gasteiger partial charge in [0.05, 0.1) is 0 Å². The summed E-state index contributed by atoms with van der Waals surface area (Å²) in [6, 6.07) is 0. The zero-order valence-electron chi connectivity index (χ0n) is 9.80. The van der Waals surface area contributed by atoms with Crippen molar-refractivity contribution in [2.75, 3.05) is 0 Å². The Hall–Kier alpha value is -0.780. The Morgan fingerprint density at radius 3 is 2.31 bits per heavy atom. The van der Waals surface area contributed by atoms with E-state index in [1.807, 2.05) is 19.9 Å². The summed E-state index contributed by atoms with van der Waals surface area (Å²) in [7, 11) is 0. The van der Waals surface area contributed by atoms with E-state index in [2.05, 4.69) is 45.6 Å². The lowest BCUT2D eigenvalue weighted by Gasteiger charge is -1.95. The third-order valence-corrected chi connectivity index (χ3v) is 1.56. The summed E-state index contributed by atoms with van der Waals surface area (Å²) in [5.74, 6) is 0.482. The molecular formula is C13H24. The van der Waals surface area contributed by atoms with Crippen LogP contribution in [0.5, 0.6) is 0 Å². The summed E-state index contributed by atoms with van der Waals surface area (Å²) in [5.41, 5.74) is 1.33. The van der Waals surface area contributed by atoms with E-state index in [1.54, 1.807) is 0 Å². The first-order valence-corrected chi connectivity index (χ1v) is 5.18. The smallest absolute Gasteiger partial charge is 0.00813 e. The van der Waals surface area contributed by atoms with Crippen LogP contribution in [0.25, 0.3) is 0 Å². The van der Waals surface area contributed by atoms with Gasteiger partial charge in [-0.2, -0.15) is 0 Å². The molecule has 0 aliphatic rings. The second-order valence-electron chi connectivity index (χ2n) is 2.81. The monoisotopic (exact) mass is 180 g/mol. The van der Waals surface area contributed by atoms with Crippen LogP contribution in [0.4, 0.5) is 0 Å². The largest absolute Gasteiger partial charge is 0.102 e. The fraction of sp³-hybridized carbons (Fsp3) is 0.538. The van der Waals surface area contributed by atoms with Gasteiger partial charge in [-0.15, -0.1) is 6.58 Å². The zero-order chi connectivity index (χ0) is 10.7. The van der Waals surface area contributed by atoms with Gasteiger partial charge < -0.3 is 0 Å². The van der Waals surface area contributed by atoms with Crippen molar-refractivity contribution < 1.29 is 0 Å². The van der Waals surface area contributed by atoms with E-state index in [4.69, 9.17) is 0 Å². The number of allylic oxidation sites excluding steroid dienone is 5. The molecule has 0 nitrogen and oxygen atoms in total. The molecule has 0 heteroatoms. The third-order valence-electron chi connectivity index (χ3n) is 1.56. The van der Waals surface area contributed by atoms with E-state index in [-0.39, 0.29) is 0 Å². The molecule has 0 radical (unpaired) electrons. The van der Waals surface area contributed by atoms with Crippen molar-refractivity contribution in [2.45, 2.75) is 41.0 Å². The maximum absolute atomic E-state index is 3.71. The molecule has 0 saturated heterocycles. The first-order valence-electron chi connectivity index (χ1n) is 5.18. The molecule has 13 heavy (non-hydrogen) atoms. The maximum atomic E-state index is 3.71. The second-order valence-corrected chi connectivity index (χ2v) is 2.81. The molecule has 0 aromatic rings. The van der Waals surface area contributed by atoms with Crippen LogP contribution in [0.2, 0.25) is 0 Å². The third kappa shape index (κ3) is 11.2. The lowest BCUT2D eigenvalue weighted by Crippen LogP contribution is -1.80. The van der Waals surface area contributed by atoms with Gasteiger partial charge in [-0.3, -0.25) is 0 Å². The first kappa shape index (κ1) is 14.7. The fourth-order valence-corrected chi connectivity index (χ4v) is 0.772. The van der Waals surface area contributed by atoms with Crippen molar-refractivity contribution in [2.24, 2.45) is 5.92 Å². The molecule has 0 heterocycles. The Labute approximate surface area is 84.1 Å². The van der Waals surface area contributed by atoms with Crippen molar-refractivity contribution in [3.05, 3.63) is 36.5 Å². The molecule has 0 rings (SSSR count). The molecule has 0 bridgehead atoms. The summed E-state index contributed by atoms with van der Waals surface area (Å²) < 4.78 is 0. The second kappa shape index (κ2) is 11.2. The van der Waals surface area contributed by atoms with E-state index < -0.39 is 0 Å². The summed E-state index contributed by atoms with van der Waals surface area (Å²) in [4.78, 5) is 0. The maximum Gasteiger partial charge on any atom is -0.00813 e. The minimum Gasteiger partial charge on any atom is -0.102 e. The van der Waals surface area contributed by atoms with Crippen molar-refractivity contribution in [1.29, 1.82) is 0 Å². The normalized spacial score (nSPS) is 13.5. The summed E-state index contributed by atoms with van der Waals surface area (Å²) in [6.07, 6.45) is 9.57. The lowest BCUT2D eigenvalue weighted by molar-refractivity contribution is 0.941. The molecule has 0 amide bonds. The highest BCUT2D eigenvalue weighted by molar-refractivity contribution is 5.17. The molecule has 0 saturated carbocycles. The highest BCUT2D eigenvalue weighted by atomic mass is 13.9. The molecular weight excluding hydrogens is 156 g/mol. The average Bonchev–Trinajstić information content (AvgIpc) is 2.18. The summed E-state index contributed by atoms with van der Waals surface area (Å²) >= 11 is 0. The van der Waals surface area contributed by atoms with Gasteiger partial charge in [-0.05, 0) is 19.3 Å². The standard InChI is InChI=1S/C11H18.C2H6/c1-5-7-11(4)9-8-10(3)6-2;1-2/h6-10H,2,5H2,1,3-4H3;1-2H3/b9-8-,11-7-;/t10-;/m1./s1. The molecule has 0 aliphatic carbocycles. The van der Waals surface area contributed by atoms with E-state index in [0.29, 0.717) is 5.92 Å². The molecule has 0 N–H and O–H groups in total. The number of hydrogen-bond donors (Lipinski definition) is 0. The van der Waals surface area contributed by atoms with Gasteiger partial charge in [0, 0.05) is 0 Å². The SMILES string of the molecule is C=C[C@@H](C)/C=C\C(C)=C/CC.CC. The topological polar surface area (TPSA) is 0 Å². The highest BCUT2D eigenvalue weighted by Gasteiger charge is 1.86. The Kier molecular flexibility index (Phi) is 12.7.